The fraction of sp³-hybridized carbons (Fsp3) is 0.632. The van der Waals surface area contributed by atoms with Crippen molar-refractivity contribution in [2.45, 2.75) is 63.4 Å². The van der Waals surface area contributed by atoms with E-state index in [2.05, 4.69) is 5.32 Å². The van der Waals surface area contributed by atoms with Crippen LogP contribution in [0.3, 0.4) is 0 Å². The van der Waals surface area contributed by atoms with Crippen molar-refractivity contribution in [3.8, 4) is 11.5 Å². The molecule has 1 aliphatic carbocycles. The van der Waals surface area contributed by atoms with E-state index in [0.29, 0.717) is 36.3 Å². The van der Waals surface area contributed by atoms with Gasteiger partial charge in [0.1, 0.15) is 11.7 Å². The molecule has 26 heavy (non-hydrogen) atoms. The number of rotatable bonds is 4. The van der Waals surface area contributed by atoms with Crippen LogP contribution in [0, 0.1) is 0 Å². The smallest absolute Gasteiger partial charge is 0.408 e. The summed E-state index contributed by atoms with van der Waals surface area (Å²) in [6, 6.07) is 5.16. The summed E-state index contributed by atoms with van der Waals surface area (Å²) in [5.41, 5.74) is -1.24. The van der Waals surface area contributed by atoms with Crippen LogP contribution < -0.4 is 14.8 Å². The topological polar surface area (TPSA) is 97.3 Å². The van der Waals surface area contributed by atoms with Gasteiger partial charge in [0.2, 0.25) is 0 Å². The molecule has 7 heteroatoms. The van der Waals surface area contributed by atoms with Crippen molar-refractivity contribution in [1.82, 2.24) is 5.32 Å². The van der Waals surface area contributed by atoms with E-state index in [0.717, 1.165) is 0 Å². The number of methoxy groups -OCH3 is 2. The van der Waals surface area contributed by atoms with Crippen LogP contribution in [0.5, 0.6) is 11.5 Å². The Hall–Kier alpha value is -1.99. The standard InChI is InChI=1S/C19H29NO6/c1-18(2,3)26-17(23)20-19(10-6-7-13(21)16(19)22)12-8-9-14(24-4)15(11-12)25-5/h8-9,11,13,16,21-22H,6-7,10H2,1-5H3,(H,20,23). The summed E-state index contributed by atoms with van der Waals surface area (Å²) in [5, 5.41) is 23.8. The molecule has 0 bridgehead atoms. The highest BCUT2D eigenvalue weighted by Crippen LogP contribution is 2.41. The Kier molecular flexibility index (Phi) is 6.03. The number of hydrogen-bond donors (Lipinski definition) is 3. The molecule has 0 spiro atoms. The molecule has 1 amide bonds. The van der Waals surface area contributed by atoms with Crippen LogP contribution in [0.25, 0.3) is 0 Å². The van der Waals surface area contributed by atoms with E-state index < -0.39 is 29.4 Å². The van der Waals surface area contributed by atoms with Crippen LogP contribution >= 0.6 is 0 Å². The van der Waals surface area contributed by atoms with Crippen molar-refractivity contribution >= 4 is 6.09 Å². The fourth-order valence-corrected chi connectivity index (χ4v) is 3.35. The molecular formula is C19H29NO6. The number of hydrogen-bond acceptors (Lipinski definition) is 6. The zero-order valence-corrected chi connectivity index (χ0v) is 16.0. The van der Waals surface area contributed by atoms with Crippen LogP contribution in [0.15, 0.2) is 18.2 Å². The van der Waals surface area contributed by atoms with Crippen molar-refractivity contribution in [2.24, 2.45) is 0 Å². The van der Waals surface area contributed by atoms with Gasteiger partial charge in [-0.1, -0.05) is 6.07 Å². The average Bonchev–Trinajstić information content (AvgIpc) is 2.56. The molecule has 1 aliphatic rings. The van der Waals surface area contributed by atoms with E-state index in [-0.39, 0.29) is 0 Å². The minimum atomic E-state index is -1.18. The summed E-state index contributed by atoms with van der Waals surface area (Å²) in [4.78, 5) is 12.5. The summed E-state index contributed by atoms with van der Waals surface area (Å²) in [7, 11) is 3.05. The van der Waals surface area contributed by atoms with Gasteiger partial charge in [-0.05, 0) is 57.7 Å². The molecule has 3 unspecified atom stereocenters. The molecule has 3 N–H and O–H groups in total. The first-order chi connectivity index (χ1) is 12.1. The van der Waals surface area contributed by atoms with E-state index >= 15 is 0 Å². The maximum absolute atomic E-state index is 12.5. The summed E-state index contributed by atoms with van der Waals surface area (Å²) < 4.78 is 16.0. The van der Waals surface area contributed by atoms with Gasteiger partial charge in [0, 0.05) is 0 Å². The lowest BCUT2D eigenvalue weighted by atomic mass is 9.73. The molecule has 0 saturated heterocycles. The Bertz CT molecular complexity index is 641. The predicted molar refractivity (Wildman–Crippen MR) is 96.5 cm³/mol. The fourth-order valence-electron chi connectivity index (χ4n) is 3.35. The van der Waals surface area contributed by atoms with Crippen LogP contribution in [-0.2, 0) is 10.3 Å². The summed E-state index contributed by atoms with van der Waals surface area (Å²) in [5.74, 6) is 1.01. The lowest BCUT2D eigenvalue weighted by Crippen LogP contribution is -2.60. The van der Waals surface area contributed by atoms with Gasteiger partial charge in [-0.15, -0.1) is 0 Å². The monoisotopic (exact) mass is 367 g/mol. The average molecular weight is 367 g/mol. The molecule has 1 aromatic carbocycles. The lowest BCUT2D eigenvalue weighted by molar-refractivity contribution is -0.0744. The van der Waals surface area contributed by atoms with E-state index in [1.54, 1.807) is 39.0 Å². The third-order valence-electron chi connectivity index (χ3n) is 4.56. The van der Waals surface area contributed by atoms with Crippen LogP contribution in [-0.4, -0.2) is 48.3 Å². The number of amides is 1. The number of carbonyl (C=O) groups excluding carboxylic acids is 1. The minimum absolute atomic E-state index is 0.458. The normalized spacial score (nSPS) is 26.1. The number of ether oxygens (including phenoxy) is 3. The van der Waals surface area contributed by atoms with E-state index in [4.69, 9.17) is 14.2 Å². The first-order valence-electron chi connectivity index (χ1n) is 8.73. The van der Waals surface area contributed by atoms with Crippen LogP contribution in [0.1, 0.15) is 45.6 Å². The molecule has 1 aromatic rings. The third kappa shape index (κ3) is 4.22. The van der Waals surface area contributed by atoms with Gasteiger partial charge < -0.3 is 29.7 Å². The number of benzene rings is 1. The second-order valence-corrected chi connectivity index (χ2v) is 7.57. The second kappa shape index (κ2) is 7.72. The Balaban J connectivity index is 2.46. The number of nitrogens with one attached hydrogen (secondary N) is 1. The third-order valence-corrected chi connectivity index (χ3v) is 4.56. The van der Waals surface area contributed by atoms with Crippen molar-refractivity contribution in [2.75, 3.05) is 14.2 Å². The molecule has 3 atom stereocenters. The number of alkyl carbamates (subject to hydrolysis) is 1. The van der Waals surface area contributed by atoms with Crippen LogP contribution in [0.2, 0.25) is 0 Å². The maximum Gasteiger partial charge on any atom is 0.408 e. The molecule has 146 valence electrons. The molecule has 0 radical (unpaired) electrons. The first kappa shape index (κ1) is 20.3. The van der Waals surface area contributed by atoms with E-state index in [1.165, 1.54) is 14.2 Å². The number of carbonyl (C=O) groups is 1. The van der Waals surface area contributed by atoms with Crippen molar-refractivity contribution in [3.05, 3.63) is 23.8 Å². The Morgan fingerprint density at radius 1 is 1.19 bits per heavy atom. The van der Waals surface area contributed by atoms with Crippen molar-refractivity contribution < 1.29 is 29.2 Å². The van der Waals surface area contributed by atoms with Crippen molar-refractivity contribution in [1.29, 1.82) is 0 Å². The molecule has 1 saturated carbocycles. The Morgan fingerprint density at radius 3 is 2.42 bits per heavy atom. The highest BCUT2D eigenvalue weighted by Gasteiger charge is 2.48. The highest BCUT2D eigenvalue weighted by atomic mass is 16.6. The van der Waals surface area contributed by atoms with Gasteiger partial charge in [0.15, 0.2) is 11.5 Å². The molecule has 1 fully saturated rings. The zero-order chi connectivity index (χ0) is 19.5. The summed E-state index contributed by atoms with van der Waals surface area (Å²) >= 11 is 0. The molecular weight excluding hydrogens is 338 g/mol. The SMILES string of the molecule is COc1ccc(C2(NC(=O)OC(C)(C)C)CCCC(O)C2O)cc1OC. The molecule has 7 nitrogen and oxygen atoms in total. The minimum Gasteiger partial charge on any atom is -0.493 e. The number of aliphatic hydroxyl groups excluding tert-OH is 2. The zero-order valence-electron chi connectivity index (χ0n) is 16.0. The maximum atomic E-state index is 12.5. The summed E-state index contributed by atoms with van der Waals surface area (Å²) in [6.07, 6.45) is -1.22. The van der Waals surface area contributed by atoms with Gasteiger partial charge in [-0.2, -0.15) is 0 Å². The predicted octanol–water partition coefficient (Wildman–Crippen LogP) is 2.33. The van der Waals surface area contributed by atoms with E-state index in [9.17, 15) is 15.0 Å². The number of aliphatic hydroxyl groups is 2. The van der Waals surface area contributed by atoms with E-state index in [1.807, 2.05) is 0 Å². The molecule has 0 heterocycles. The van der Waals surface area contributed by atoms with Crippen LogP contribution in [0.4, 0.5) is 4.79 Å². The van der Waals surface area contributed by atoms with Gasteiger partial charge in [-0.3, -0.25) is 0 Å². The summed E-state index contributed by atoms with van der Waals surface area (Å²) in [6.45, 7) is 5.30. The lowest BCUT2D eigenvalue weighted by Gasteiger charge is -2.44. The quantitative estimate of drug-likeness (QED) is 0.756. The van der Waals surface area contributed by atoms with Gasteiger partial charge in [0.05, 0.1) is 25.9 Å². The molecule has 0 aromatic heterocycles. The van der Waals surface area contributed by atoms with Gasteiger partial charge in [0.25, 0.3) is 0 Å². The van der Waals surface area contributed by atoms with Gasteiger partial charge in [-0.25, -0.2) is 4.79 Å². The largest absolute Gasteiger partial charge is 0.493 e. The first-order valence-corrected chi connectivity index (χ1v) is 8.73. The molecule has 2 rings (SSSR count). The highest BCUT2D eigenvalue weighted by molar-refractivity contribution is 5.69. The Labute approximate surface area is 154 Å². The molecule has 0 aliphatic heterocycles. The Morgan fingerprint density at radius 2 is 1.85 bits per heavy atom. The van der Waals surface area contributed by atoms with Gasteiger partial charge >= 0.3 is 6.09 Å². The van der Waals surface area contributed by atoms with Crippen molar-refractivity contribution in [3.63, 3.8) is 0 Å². The second-order valence-electron chi connectivity index (χ2n) is 7.57.